The topological polar surface area (TPSA) is 79.5 Å². The monoisotopic (exact) mass is 490 g/mol. The highest BCUT2D eigenvalue weighted by atomic mass is 32.1. The van der Waals surface area contributed by atoms with E-state index in [4.69, 9.17) is 4.74 Å². The smallest absolute Gasteiger partial charge is 0.457 e. The molecule has 0 N–H and O–H groups in total. The van der Waals surface area contributed by atoms with Gasteiger partial charge < -0.3 is 9.47 Å². The SMILES string of the molecule is Cn1c(=O)n(Cc2ccc(OC(F)(F)F)cc2)c(=O)c2cc(C(=O)OCc3ccccc3)sc21. The van der Waals surface area contributed by atoms with Crippen molar-refractivity contribution in [2.24, 2.45) is 7.05 Å². The van der Waals surface area contributed by atoms with Crippen molar-refractivity contribution >= 4 is 27.5 Å². The minimum absolute atomic E-state index is 0.0606. The Morgan fingerprint density at radius 2 is 1.68 bits per heavy atom. The molecule has 0 atom stereocenters. The summed E-state index contributed by atoms with van der Waals surface area (Å²) in [5, 5.41) is 0.163. The Bertz CT molecular complexity index is 1450. The number of rotatable bonds is 6. The van der Waals surface area contributed by atoms with E-state index in [2.05, 4.69) is 4.74 Å². The minimum Gasteiger partial charge on any atom is -0.457 e. The molecule has 11 heteroatoms. The van der Waals surface area contributed by atoms with Crippen LogP contribution >= 0.6 is 11.3 Å². The van der Waals surface area contributed by atoms with Crippen molar-refractivity contribution in [3.63, 3.8) is 0 Å². The molecule has 7 nitrogen and oxygen atoms in total. The molecule has 0 aliphatic heterocycles. The number of carbonyl (C=O) groups is 1. The lowest BCUT2D eigenvalue weighted by Crippen LogP contribution is -2.38. The largest absolute Gasteiger partial charge is 0.573 e. The van der Waals surface area contributed by atoms with Gasteiger partial charge in [-0.15, -0.1) is 24.5 Å². The van der Waals surface area contributed by atoms with E-state index in [1.54, 1.807) is 0 Å². The van der Waals surface area contributed by atoms with Gasteiger partial charge >= 0.3 is 18.0 Å². The van der Waals surface area contributed by atoms with E-state index >= 15 is 0 Å². The van der Waals surface area contributed by atoms with Crippen LogP contribution in [0.25, 0.3) is 10.2 Å². The normalized spacial score (nSPS) is 11.5. The first-order chi connectivity index (χ1) is 16.1. The van der Waals surface area contributed by atoms with Crippen molar-refractivity contribution in [2.75, 3.05) is 0 Å². The van der Waals surface area contributed by atoms with E-state index in [-0.39, 0.29) is 23.4 Å². The summed E-state index contributed by atoms with van der Waals surface area (Å²) in [6.07, 6.45) is -4.82. The van der Waals surface area contributed by atoms with E-state index in [1.807, 2.05) is 30.3 Å². The van der Waals surface area contributed by atoms with Gasteiger partial charge in [-0.1, -0.05) is 42.5 Å². The molecular formula is C23H17F3N2O5S. The van der Waals surface area contributed by atoms with Gasteiger partial charge in [0, 0.05) is 7.05 Å². The van der Waals surface area contributed by atoms with Gasteiger partial charge in [-0.05, 0) is 29.3 Å². The molecule has 0 spiro atoms. The Morgan fingerprint density at radius 3 is 2.32 bits per heavy atom. The molecule has 4 rings (SSSR count). The van der Waals surface area contributed by atoms with E-state index in [0.717, 1.165) is 33.6 Å². The molecule has 34 heavy (non-hydrogen) atoms. The fraction of sp³-hybridized carbons (Fsp3) is 0.174. The second kappa shape index (κ2) is 9.18. The molecule has 0 saturated heterocycles. The van der Waals surface area contributed by atoms with Crippen molar-refractivity contribution in [3.05, 3.63) is 97.5 Å². The molecule has 0 unspecified atom stereocenters. The van der Waals surface area contributed by atoms with Gasteiger partial charge in [0.1, 0.15) is 22.1 Å². The second-order valence-corrected chi connectivity index (χ2v) is 8.35. The lowest BCUT2D eigenvalue weighted by Gasteiger charge is -2.11. The summed E-state index contributed by atoms with van der Waals surface area (Å²) in [4.78, 5) is 38.8. The maximum atomic E-state index is 13.0. The lowest BCUT2D eigenvalue weighted by atomic mass is 10.2. The van der Waals surface area contributed by atoms with Gasteiger partial charge in [0.05, 0.1) is 11.9 Å². The lowest BCUT2D eigenvalue weighted by molar-refractivity contribution is -0.274. The Balaban J connectivity index is 1.60. The van der Waals surface area contributed by atoms with Crippen LogP contribution in [0.4, 0.5) is 13.2 Å². The Kier molecular flexibility index (Phi) is 6.29. The standard InChI is InChI=1S/C23H17F3N2O5S/c1-27-20-17(11-18(34-20)21(30)32-13-15-5-3-2-4-6-15)19(29)28(22(27)31)12-14-7-9-16(10-8-14)33-23(24,25)26/h2-11H,12-13H2,1H3. The first-order valence-electron chi connectivity index (χ1n) is 9.91. The van der Waals surface area contributed by atoms with E-state index in [0.29, 0.717) is 10.4 Å². The fourth-order valence-corrected chi connectivity index (χ4v) is 4.30. The predicted molar refractivity (Wildman–Crippen MR) is 119 cm³/mol. The second-order valence-electron chi connectivity index (χ2n) is 7.32. The first kappa shape index (κ1) is 23.3. The summed E-state index contributed by atoms with van der Waals surface area (Å²) < 4.78 is 48.3. The van der Waals surface area contributed by atoms with Crippen LogP contribution in [-0.4, -0.2) is 21.5 Å². The van der Waals surface area contributed by atoms with Gasteiger partial charge in [-0.3, -0.25) is 13.9 Å². The van der Waals surface area contributed by atoms with Crippen molar-refractivity contribution in [1.29, 1.82) is 0 Å². The third-order valence-corrected chi connectivity index (χ3v) is 6.11. The van der Waals surface area contributed by atoms with Gasteiger partial charge in [-0.25, -0.2) is 9.59 Å². The number of benzene rings is 2. The number of fused-ring (bicyclic) bond motifs is 1. The summed E-state index contributed by atoms with van der Waals surface area (Å²) in [6.45, 7) is -0.109. The average molecular weight is 490 g/mol. The van der Waals surface area contributed by atoms with Crippen LogP contribution in [0.1, 0.15) is 20.8 Å². The van der Waals surface area contributed by atoms with E-state index < -0.39 is 29.3 Å². The zero-order chi connectivity index (χ0) is 24.5. The van der Waals surface area contributed by atoms with Gasteiger partial charge in [-0.2, -0.15) is 0 Å². The highest BCUT2D eigenvalue weighted by Crippen LogP contribution is 2.24. The fourth-order valence-electron chi connectivity index (χ4n) is 3.30. The molecule has 0 aliphatic carbocycles. The Labute approximate surface area is 194 Å². The quantitative estimate of drug-likeness (QED) is 0.381. The zero-order valence-corrected chi connectivity index (χ0v) is 18.5. The number of esters is 1. The van der Waals surface area contributed by atoms with Crippen LogP contribution in [0.2, 0.25) is 0 Å². The third-order valence-electron chi connectivity index (χ3n) is 4.92. The summed E-state index contributed by atoms with van der Waals surface area (Å²) in [5.74, 6) is -1.04. The summed E-state index contributed by atoms with van der Waals surface area (Å²) in [7, 11) is 1.47. The van der Waals surface area contributed by atoms with Crippen molar-refractivity contribution < 1.29 is 27.4 Å². The number of nitrogens with zero attached hydrogens (tertiary/aromatic N) is 2. The molecule has 4 aromatic rings. The number of ether oxygens (including phenoxy) is 2. The van der Waals surface area contributed by atoms with Crippen LogP contribution in [0.3, 0.4) is 0 Å². The molecule has 176 valence electrons. The molecule has 2 aromatic heterocycles. The van der Waals surface area contributed by atoms with Crippen LogP contribution in [-0.2, 0) is 24.9 Å². The summed E-state index contributed by atoms with van der Waals surface area (Å²) in [6, 6.07) is 15.3. The minimum atomic E-state index is -4.82. The molecular weight excluding hydrogens is 473 g/mol. The molecule has 0 bridgehead atoms. The third kappa shape index (κ3) is 5.04. The van der Waals surface area contributed by atoms with Gasteiger partial charge in [0.2, 0.25) is 0 Å². The summed E-state index contributed by atoms with van der Waals surface area (Å²) in [5.41, 5.74) is -0.0181. The van der Waals surface area contributed by atoms with Crippen molar-refractivity contribution in [1.82, 2.24) is 9.13 Å². The van der Waals surface area contributed by atoms with Crippen molar-refractivity contribution in [2.45, 2.75) is 19.5 Å². The number of thiophene rings is 1. The average Bonchev–Trinajstić information content (AvgIpc) is 3.26. The van der Waals surface area contributed by atoms with Crippen molar-refractivity contribution in [3.8, 4) is 5.75 Å². The number of carbonyl (C=O) groups excluding carboxylic acids is 1. The van der Waals surface area contributed by atoms with Crippen LogP contribution in [0.15, 0.2) is 70.3 Å². The van der Waals surface area contributed by atoms with E-state index in [1.165, 1.54) is 29.8 Å². The number of alkyl halides is 3. The van der Waals surface area contributed by atoms with Crippen LogP contribution in [0.5, 0.6) is 5.75 Å². The van der Waals surface area contributed by atoms with Gasteiger partial charge in [0.15, 0.2) is 0 Å². The van der Waals surface area contributed by atoms with E-state index in [9.17, 15) is 27.6 Å². The molecule has 0 saturated carbocycles. The number of halogens is 3. The van der Waals surface area contributed by atoms with Crippen LogP contribution < -0.4 is 16.0 Å². The zero-order valence-electron chi connectivity index (χ0n) is 17.7. The maximum absolute atomic E-state index is 13.0. The highest BCUT2D eigenvalue weighted by Gasteiger charge is 2.31. The number of hydrogen-bond donors (Lipinski definition) is 0. The van der Waals surface area contributed by atoms with Crippen LogP contribution in [0, 0.1) is 0 Å². The molecule has 0 aliphatic rings. The Morgan fingerprint density at radius 1 is 1.00 bits per heavy atom. The molecule has 0 amide bonds. The molecule has 0 radical (unpaired) electrons. The Hall–Kier alpha value is -3.86. The number of hydrogen-bond acceptors (Lipinski definition) is 6. The van der Waals surface area contributed by atoms with Gasteiger partial charge in [0.25, 0.3) is 5.56 Å². The first-order valence-corrected chi connectivity index (χ1v) is 10.7. The maximum Gasteiger partial charge on any atom is 0.573 e. The highest BCUT2D eigenvalue weighted by molar-refractivity contribution is 7.20. The summed E-state index contributed by atoms with van der Waals surface area (Å²) >= 11 is 0.970. The predicted octanol–water partition coefficient (Wildman–Crippen LogP) is 4.07. The number of aromatic nitrogens is 2. The molecule has 2 heterocycles. The number of aryl methyl sites for hydroxylation is 1. The molecule has 2 aromatic carbocycles. The molecule has 0 fully saturated rings.